The summed E-state index contributed by atoms with van der Waals surface area (Å²) in [5.41, 5.74) is 7.45. The average Bonchev–Trinajstić information content (AvgIpc) is 2.46. The Morgan fingerprint density at radius 3 is 2.95 bits per heavy atom. The van der Waals surface area contributed by atoms with Crippen molar-refractivity contribution in [2.75, 3.05) is 13.1 Å². The van der Waals surface area contributed by atoms with Gasteiger partial charge in [0.2, 0.25) is 10.0 Å². The summed E-state index contributed by atoms with van der Waals surface area (Å²) in [4.78, 5) is 4.60. The van der Waals surface area contributed by atoms with Crippen LogP contribution in [0.5, 0.6) is 0 Å². The smallest absolute Gasteiger partial charge is 0.245 e. The Hall–Kier alpha value is -1.50. The number of hydrogen-bond acceptors (Lipinski definition) is 4. The number of pyridine rings is 1. The molecule has 112 valence electrons. The SMILES string of the molecule is Cc1cnc2c(S(=O)(=O)N3CCC[C@@H](N)C3)cccc2c1. The Morgan fingerprint density at radius 2 is 2.19 bits per heavy atom. The highest BCUT2D eigenvalue weighted by molar-refractivity contribution is 7.89. The number of sulfonamides is 1. The summed E-state index contributed by atoms with van der Waals surface area (Å²) in [6, 6.07) is 7.14. The maximum Gasteiger partial charge on any atom is 0.245 e. The molecule has 0 unspecified atom stereocenters. The second-order valence-electron chi connectivity index (χ2n) is 5.61. The number of benzene rings is 1. The van der Waals surface area contributed by atoms with Gasteiger partial charge >= 0.3 is 0 Å². The minimum absolute atomic E-state index is 0.0845. The van der Waals surface area contributed by atoms with E-state index in [9.17, 15) is 8.42 Å². The number of piperidine rings is 1. The quantitative estimate of drug-likeness (QED) is 0.915. The molecule has 0 radical (unpaired) electrons. The van der Waals surface area contributed by atoms with Gasteiger partial charge in [0.05, 0.1) is 5.52 Å². The van der Waals surface area contributed by atoms with E-state index in [1.54, 1.807) is 18.3 Å². The van der Waals surface area contributed by atoms with Crippen LogP contribution in [0.2, 0.25) is 0 Å². The molecular weight excluding hydrogens is 286 g/mol. The van der Waals surface area contributed by atoms with E-state index >= 15 is 0 Å². The highest BCUT2D eigenvalue weighted by Gasteiger charge is 2.30. The Morgan fingerprint density at radius 1 is 1.38 bits per heavy atom. The van der Waals surface area contributed by atoms with Crippen molar-refractivity contribution in [2.45, 2.75) is 30.7 Å². The molecule has 1 saturated heterocycles. The molecule has 0 spiro atoms. The zero-order chi connectivity index (χ0) is 15.0. The zero-order valence-electron chi connectivity index (χ0n) is 12.0. The van der Waals surface area contributed by atoms with Crippen molar-refractivity contribution in [3.8, 4) is 0 Å². The molecule has 0 aliphatic carbocycles. The maximum atomic E-state index is 12.9. The first-order valence-corrected chi connectivity index (χ1v) is 8.53. The number of fused-ring (bicyclic) bond motifs is 1. The predicted molar refractivity (Wildman–Crippen MR) is 82.4 cm³/mol. The molecule has 3 rings (SSSR count). The lowest BCUT2D eigenvalue weighted by Gasteiger charge is -2.30. The Labute approximate surface area is 124 Å². The normalized spacial score (nSPS) is 20.8. The summed E-state index contributed by atoms with van der Waals surface area (Å²) in [6.07, 6.45) is 3.37. The third-order valence-corrected chi connectivity index (χ3v) is 5.75. The van der Waals surface area contributed by atoms with E-state index in [1.807, 2.05) is 19.1 Å². The van der Waals surface area contributed by atoms with E-state index in [0.717, 1.165) is 23.8 Å². The Balaban J connectivity index is 2.10. The van der Waals surface area contributed by atoms with Gasteiger partial charge in [0.25, 0.3) is 0 Å². The van der Waals surface area contributed by atoms with Crippen LogP contribution in [0.15, 0.2) is 35.4 Å². The molecule has 5 nitrogen and oxygen atoms in total. The maximum absolute atomic E-state index is 12.9. The number of nitrogens with two attached hydrogens (primary N) is 1. The summed E-state index contributed by atoms with van der Waals surface area (Å²) in [5.74, 6) is 0. The molecule has 1 aromatic carbocycles. The van der Waals surface area contributed by atoms with Gasteiger partial charge in [-0.2, -0.15) is 4.31 Å². The van der Waals surface area contributed by atoms with Crippen molar-refractivity contribution in [3.05, 3.63) is 36.0 Å². The molecule has 1 fully saturated rings. The van der Waals surface area contributed by atoms with Crippen LogP contribution in [0.3, 0.4) is 0 Å². The summed E-state index contributed by atoms with van der Waals surface area (Å²) in [7, 11) is -3.54. The van der Waals surface area contributed by atoms with Crippen LogP contribution < -0.4 is 5.73 Å². The van der Waals surface area contributed by atoms with Crippen molar-refractivity contribution < 1.29 is 8.42 Å². The number of para-hydroxylation sites is 1. The molecule has 1 aliphatic rings. The lowest BCUT2D eigenvalue weighted by Crippen LogP contribution is -2.45. The first-order chi connectivity index (χ1) is 9.98. The standard InChI is InChI=1S/C15H19N3O2S/c1-11-8-12-4-2-6-14(15(12)17-9-11)21(19,20)18-7-3-5-13(16)10-18/h2,4,6,8-9,13H,3,5,7,10,16H2,1H3/t13-/m1/s1. The van der Waals surface area contributed by atoms with Crippen molar-refractivity contribution in [3.63, 3.8) is 0 Å². The molecule has 2 aromatic rings. The van der Waals surface area contributed by atoms with Crippen LogP contribution in [-0.4, -0.2) is 36.8 Å². The van der Waals surface area contributed by atoms with Crippen LogP contribution in [0.4, 0.5) is 0 Å². The summed E-state index contributed by atoms with van der Waals surface area (Å²) in [6.45, 7) is 2.85. The molecule has 2 heterocycles. The highest BCUT2D eigenvalue weighted by atomic mass is 32.2. The fourth-order valence-corrected chi connectivity index (χ4v) is 4.48. The van der Waals surface area contributed by atoms with Crippen molar-refractivity contribution in [1.82, 2.24) is 9.29 Å². The van der Waals surface area contributed by atoms with E-state index in [0.29, 0.717) is 18.6 Å². The van der Waals surface area contributed by atoms with E-state index in [-0.39, 0.29) is 10.9 Å². The number of aryl methyl sites for hydroxylation is 1. The Kier molecular flexibility index (Phi) is 3.69. The average molecular weight is 305 g/mol. The molecule has 21 heavy (non-hydrogen) atoms. The molecule has 1 aliphatic heterocycles. The van der Waals surface area contributed by atoms with Gasteiger partial charge in [0.1, 0.15) is 4.90 Å². The second kappa shape index (κ2) is 5.36. The van der Waals surface area contributed by atoms with Crippen molar-refractivity contribution >= 4 is 20.9 Å². The minimum atomic E-state index is -3.54. The summed E-state index contributed by atoms with van der Waals surface area (Å²) < 4.78 is 27.2. The second-order valence-corrected chi connectivity index (χ2v) is 7.51. The first-order valence-electron chi connectivity index (χ1n) is 7.09. The fourth-order valence-electron chi connectivity index (χ4n) is 2.78. The highest BCUT2D eigenvalue weighted by Crippen LogP contribution is 2.26. The van der Waals surface area contributed by atoms with Gasteiger partial charge in [-0.3, -0.25) is 4.98 Å². The lowest BCUT2D eigenvalue weighted by atomic mass is 10.1. The van der Waals surface area contributed by atoms with Gasteiger partial charge in [0.15, 0.2) is 0 Å². The molecule has 1 aromatic heterocycles. The van der Waals surface area contributed by atoms with Gasteiger partial charge < -0.3 is 5.73 Å². The number of aromatic nitrogens is 1. The van der Waals surface area contributed by atoms with Gasteiger partial charge in [-0.25, -0.2) is 8.42 Å². The largest absolute Gasteiger partial charge is 0.327 e. The molecular formula is C15H19N3O2S. The predicted octanol–water partition coefficient (Wildman–Crippen LogP) is 1.66. The monoisotopic (exact) mass is 305 g/mol. The number of nitrogens with zero attached hydrogens (tertiary/aromatic N) is 2. The van der Waals surface area contributed by atoms with E-state index in [1.165, 1.54) is 4.31 Å². The first kappa shape index (κ1) is 14.4. The van der Waals surface area contributed by atoms with Gasteiger partial charge in [-0.05, 0) is 37.5 Å². The van der Waals surface area contributed by atoms with Crippen molar-refractivity contribution in [1.29, 1.82) is 0 Å². The molecule has 2 N–H and O–H groups in total. The third-order valence-electron chi connectivity index (χ3n) is 3.85. The molecule has 1 atom stereocenters. The molecule has 0 bridgehead atoms. The van der Waals surface area contributed by atoms with Crippen LogP contribution in [0.25, 0.3) is 10.9 Å². The minimum Gasteiger partial charge on any atom is -0.327 e. The van der Waals surface area contributed by atoms with Gasteiger partial charge in [0, 0.05) is 30.7 Å². The van der Waals surface area contributed by atoms with E-state index in [2.05, 4.69) is 4.98 Å². The lowest BCUT2D eigenvalue weighted by molar-refractivity contribution is 0.316. The number of rotatable bonds is 2. The molecule has 0 amide bonds. The topological polar surface area (TPSA) is 76.3 Å². The number of hydrogen-bond donors (Lipinski definition) is 1. The van der Waals surface area contributed by atoms with Crippen LogP contribution >= 0.6 is 0 Å². The molecule has 0 saturated carbocycles. The van der Waals surface area contributed by atoms with Gasteiger partial charge in [-0.15, -0.1) is 0 Å². The zero-order valence-corrected chi connectivity index (χ0v) is 12.8. The third kappa shape index (κ3) is 2.66. The molecule has 6 heteroatoms. The van der Waals surface area contributed by atoms with Crippen LogP contribution in [0, 0.1) is 6.92 Å². The van der Waals surface area contributed by atoms with Crippen LogP contribution in [0.1, 0.15) is 18.4 Å². The van der Waals surface area contributed by atoms with Crippen molar-refractivity contribution in [2.24, 2.45) is 5.73 Å². The van der Waals surface area contributed by atoms with E-state index < -0.39 is 10.0 Å². The van der Waals surface area contributed by atoms with Crippen LogP contribution in [-0.2, 0) is 10.0 Å². The van der Waals surface area contributed by atoms with E-state index in [4.69, 9.17) is 5.73 Å². The fraction of sp³-hybridized carbons (Fsp3) is 0.400. The Bertz CT molecular complexity index is 774. The summed E-state index contributed by atoms with van der Waals surface area (Å²) >= 11 is 0. The van der Waals surface area contributed by atoms with Gasteiger partial charge in [-0.1, -0.05) is 12.1 Å². The summed E-state index contributed by atoms with van der Waals surface area (Å²) in [5, 5.41) is 0.845.